The second-order valence-corrected chi connectivity index (χ2v) is 4.64. The Morgan fingerprint density at radius 3 is 2.58 bits per heavy atom. The Morgan fingerprint density at radius 2 is 1.95 bits per heavy atom. The normalized spacial score (nSPS) is 21.7. The number of esters is 1. The third-order valence-corrected chi connectivity index (χ3v) is 3.21. The van der Waals surface area contributed by atoms with Crippen LogP contribution >= 0.6 is 11.6 Å². The molecule has 0 bridgehead atoms. The molecule has 0 aromatic carbocycles. The van der Waals surface area contributed by atoms with Gasteiger partial charge in [-0.25, -0.2) is 4.79 Å². The lowest BCUT2D eigenvalue weighted by Gasteiger charge is -2.14. The molecule has 0 aromatic heterocycles. The Hall–Kier alpha value is -1.30. The fraction of sp³-hybridized carbons (Fsp3) is 0.750. The van der Waals surface area contributed by atoms with E-state index in [1.807, 2.05) is 0 Å². The van der Waals surface area contributed by atoms with Crippen LogP contribution < -0.4 is 10.6 Å². The summed E-state index contributed by atoms with van der Waals surface area (Å²) < 4.78 is 4.79. The van der Waals surface area contributed by atoms with Crippen molar-refractivity contribution in [3.63, 3.8) is 0 Å². The van der Waals surface area contributed by atoms with Crippen LogP contribution in [-0.4, -0.2) is 42.4 Å². The van der Waals surface area contributed by atoms with E-state index in [0.717, 1.165) is 0 Å². The van der Waals surface area contributed by atoms with E-state index in [0.29, 0.717) is 32.3 Å². The molecular weight excluding hydrogens is 272 g/mol. The maximum absolute atomic E-state index is 11.9. The predicted octanol–water partition coefficient (Wildman–Crippen LogP) is 0.968. The third-order valence-electron chi connectivity index (χ3n) is 2.88. The molecule has 2 N–H and O–H groups in total. The molecule has 7 heteroatoms. The minimum absolute atomic E-state index is 0.0622. The van der Waals surface area contributed by atoms with Crippen LogP contribution in [0.3, 0.4) is 0 Å². The second-order valence-electron chi connectivity index (χ2n) is 4.33. The molecule has 0 radical (unpaired) electrons. The van der Waals surface area contributed by atoms with Gasteiger partial charge in [-0.15, -0.1) is 11.6 Å². The molecule has 2 unspecified atom stereocenters. The van der Waals surface area contributed by atoms with E-state index >= 15 is 0 Å². The van der Waals surface area contributed by atoms with E-state index in [9.17, 15) is 14.4 Å². The van der Waals surface area contributed by atoms with E-state index in [2.05, 4.69) is 10.6 Å². The van der Waals surface area contributed by atoms with Crippen molar-refractivity contribution in [1.29, 1.82) is 0 Å². The van der Waals surface area contributed by atoms with Gasteiger partial charge in [-0.05, 0) is 19.8 Å². The number of nitrogens with one attached hydrogen (secondary N) is 2. The van der Waals surface area contributed by atoms with Crippen molar-refractivity contribution in [2.75, 3.05) is 12.5 Å². The highest BCUT2D eigenvalue weighted by atomic mass is 35.5. The number of hydrogen-bond acceptors (Lipinski definition) is 4. The van der Waals surface area contributed by atoms with Gasteiger partial charge in [0, 0.05) is 18.7 Å². The number of halogens is 1. The molecule has 0 aliphatic carbocycles. The van der Waals surface area contributed by atoms with E-state index in [1.165, 1.54) is 0 Å². The number of unbranched alkanes of at least 4 members (excludes halogenated alkanes) is 1. The van der Waals surface area contributed by atoms with Gasteiger partial charge in [0.05, 0.1) is 12.6 Å². The summed E-state index contributed by atoms with van der Waals surface area (Å²) in [6.07, 6.45) is 1.83. The lowest BCUT2D eigenvalue weighted by molar-refractivity contribution is -0.143. The Balaban J connectivity index is 2.24. The average Bonchev–Trinajstić information content (AvgIpc) is 2.76. The van der Waals surface area contributed by atoms with Crippen LogP contribution in [0, 0.1) is 0 Å². The maximum atomic E-state index is 11.9. The van der Waals surface area contributed by atoms with Gasteiger partial charge in [0.1, 0.15) is 6.04 Å². The number of rotatable bonds is 8. The average molecular weight is 291 g/mol. The molecule has 0 spiro atoms. The Kier molecular flexibility index (Phi) is 6.62. The fourth-order valence-corrected chi connectivity index (χ4v) is 2.18. The van der Waals surface area contributed by atoms with Crippen LogP contribution in [0.15, 0.2) is 0 Å². The number of ketones is 1. The van der Waals surface area contributed by atoms with Crippen molar-refractivity contribution < 1.29 is 19.1 Å². The monoisotopic (exact) mass is 290 g/mol. The smallest absolute Gasteiger partial charge is 0.315 e. The number of Topliss-reactive ketones (excluding diaryl/α,β-unsaturated/α-hetero) is 1. The van der Waals surface area contributed by atoms with Gasteiger partial charge in [0.25, 0.3) is 0 Å². The quantitative estimate of drug-likeness (QED) is 0.396. The van der Waals surface area contributed by atoms with E-state index in [-0.39, 0.29) is 29.7 Å². The van der Waals surface area contributed by atoms with Gasteiger partial charge in [-0.3, -0.25) is 9.59 Å². The Bertz CT molecular complexity index is 349. The zero-order valence-electron chi connectivity index (χ0n) is 10.9. The number of ether oxygens (including phenoxy) is 1. The summed E-state index contributed by atoms with van der Waals surface area (Å²) in [7, 11) is 0. The van der Waals surface area contributed by atoms with Gasteiger partial charge < -0.3 is 15.4 Å². The first kappa shape index (κ1) is 15.8. The van der Waals surface area contributed by atoms with Crippen LogP contribution in [-0.2, 0) is 14.3 Å². The number of amides is 2. The van der Waals surface area contributed by atoms with Crippen LogP contribution in [0.2, 0.25) is 0 Å². The van der Waals surface area contributed by atoms with E-state index in [4.69, 9.17) is 16.3 Å². The molecule has 1 aliphatic rings. The number of carbonyl (C=O) groups excluding carboxylic acids is 3. The number of alkyl halides is 1. The lowest BCUT2D eigenvalue weighted by Crippen LogP contribution is -2.41. The van der Waals surface area contributed by atoms with Gasteiger partial charge in [-0.1, -0.05) is 0 Å². The summed E-state index contributed by atoms with van der Waals surface area (Å²) in [5.74, 6) is -0.116. The Labute approximate surface area is 117 Å². The third kappa shape index (κ3) is 5.06. The fourth-order valence-electron chi connectivity index (χ4n) is 1.92. The van der Waals surface area contributed by atoms with Gasteiger partial charge >= 0.3 is 12.0 Å². The van der Waals surface area contributed by atoms with Crippen LogP contribution in [0.5, 0.6) is 0 Å². The molecule has 6 nitrogen and oxygen atoms in total. The standard InChI is InChI=1S/C12H19ClN2O4/c1-2-19-10(17)6-4-3-5-9(16)11-8(7-13)14-12(18)15-11/h8,11H,2-7H2,1H3,(H2,14,15,18). The molecule has 1 heterocycles. The molecule has 2 amide bonds. The SMILES string of the molecule is CCOC(=O)CCCCC(=O)C1NC(=O)NC1CCl. The maximum Gasteiger partial charge on any atom is 0.315 e. The molecule has 0 saturated carbocycles. The first-order valence-corrected chi connectivity index (χ1v) is 6.93. The van der Waals surface area contributed by atoms with Crippen molar-refractivity contribution >= 4 is 29.4 Å². The minimum atomic E-state index is -0.562. The second kappa shape index (κ2) is 7.99. The number of carbonyl (C=O) groups is 3. The highest BCUT2D eigenvalue weighted by Crippen LogP contribution is 2.10. The molecule has 1 aliphatic heterocycles. The van der Waals surface area contributed by atoms with Crippen molar-refractivity contribution in [2.24, 2.45) is 0 Å². The number of urea groups is 1. The summed E-state index contributed by atoms with van der Waals surface area (Å²) in [5.41, 5.74) is 0. The molecule has 1 saturated heterocycles. The van der Waals surface area contributed by atoms with Crippen molar-refractivity contribution in [3.8, 4) is 0 Å². The van der Waals surface area contributed by atoms with Gasteiger partial charge in [0.2, 0.25) is 0 Å². The first-order chi connectivity index (χ1) is 9.08. The lowest BCUT2D eigenvalue weighted by atomic mass is 10.0. The van der Waals surface area contributed by atoms with Crippen molar-refractivity contribution in [1.82, 2.24) is 10.6 Å². The molecule has 1 rings (SSSR count). The highest BCUT2D eigenvalue weighted by Gasteiger charge is 2.35. The first-order valence-electron chi connectivity index (χ1n) is 6.39. The largest absolute Gasteiger partial charge is 0.466 e. The number of hydrogen-bond donors (Lipinski definition) is 2. The van der Waals surface area contributed by atoms with Crippen molar-refractivity contribution in [3.05, 3.63) is 0 Å². The molecule has 0 aromatic rings. The predicted molar refractivity (Wildman–Crippen MR) is 70.1 cm³/mol. The zero-order chi connectivity index (χ0) is 14.3. The zero-order valence-corrected chi connectivity index (χ0v) is 11.7. The van der Waals surface area contributed by atoms with Crippen LogP contribution in [0.25, 0.3) is 0 Å². The highest BCUT2D eigenvalue weighted by molar-refractivity contribution is 6.19. The van der Waals surface area contributed by atoms with Crippen LogP contribution in [0.1, 0.15) is 32.6 Å². The Morgan fingerprint density at radius 1 is 1.26 bits per heavy atom. The molecule has 19 heavy (non-hydrogen) atoms. The summed E-state index contributed by atoms with van der Waals surface area (Å²) in [5, 5.41) is 5.13. The van der Waals surface area contributed by atoms with Crippen LogP contribution in [0.4, 0.5) is 4.79 Å². The summed E-state index contributed by atoms with van der Waals surface area (Å²) in [6, 6.07) is -1.28. The molecule has 108 valence electrons. The summed E-state index contributed by atoms with van der Waals surface area (Å²) in [6.45, 7) is 2.12. The molecular formula is C12H19ClN2O4. The van der Waals surface area contributed by atoms with E-state index in [1.54, 1.807) is 6.92 Å². The van der Waals surface area contributed by atoms with Gasteiger partial charge in [0.15, 0.2) is 5.78 Å². The van der Waals surface area contributed by atoms with Gasteiger partial charge in [-0.2, -0.15) is 0 Å². The van der Waals surface area contributed by atoms with Crippen molar-refractivity contribution in [2.45, 2.75) is 44.7 Å². The minimum Gasteiger partial charge on any atom is -0.466 e. The van der Waals surface area contributed by atoms with E-state index < -0.39 is 6.04 Å². The summed E-state index contributed by atoms with van der Waals surface area (Å²) >= 11 is 5.68. The molecule has 2 atom stereocenters. The summed E-state index contributed by atoms with van der Waals surface area (Å²) in [4.78, 5) is 34.1. The topological polar surface area (TPSA) is 84.5 Å². The molecule has 1 fully saturated rings.